The molecule has 1 aliphatic heterocycles. The number of halogens is 1. The number of aliphatic imine (C=N–C) groups is 1. The summed E-state index contributed by atoms with van der Waals surface area (Å²) >= 11 is 0. The molecule has 2 N–H and O–H groups in total. The minimum Gasteiger partial charge on any atom is -0.493 e. The van der Waals surface area contributed by atoms with Crippen LogP contribution in [0.1, 0.15) is 32.3 Å². The van der Waals surface area contributed by atoms with Crippen LogP contribution in [0.3, 0.4) is 0 Å². The molecule has 0 amide bonds. The number of methoxy groups -OCH3 is 2. The van der Waals surface area contributed by atoms with E-state index in [1.807, 2.05) is 18.2 Å². The van der Waals surface area contributed by atoms with Crippen molar-refractivity contribution >= 4 is 29.9 Å². The number of hydrogen-bond donors (Lipinski definition) is 2. The number of rotatable bonds is 10. The second kappa shape index (κ2) is 14.7. The minimum absolute atomic E-state index is 0. The Kier molecular flexibility index (Phi) is 13.1. The molecule has 1 heterocycles. The van der Waals surface area contributed by atoms with Crippen molar-refractivity contribution in [2.24, 2.45) is 10.9 Å². The molecule has 0 aromatic heterocycles. The third kappa shape index (κ3) is 7.46. The molecule has 1 fully saturated rings. The molecule has 0 bridgehead atoms. The molecule has 30 heavy (non-hydrogen) atoms. The quantitative estimate of drug-likeness (QED) is 0.273. The number of nitrogens with one attached hydrogen (secondary N) is 2. The fourth-order valence-electron chi connectivity index (χ4n) is 4.03. The maximum absolute atomic E-state index is 5.55. The predicted molar refractivity (Wildman–Crippen MR) is 133 cm³/mol. The first kappa shape index (κ1) is 26.8. The van der Waals surface area contributed by atoms with E-state index in [1.165, 1.54) is 12.8 Å². The van der Waals surface area contributed by atoms with Gasteiger partial charge in [0.15, 0.2) is 17.5 Å². The summed E-state index contributed by atoms with van der Waals surface area (Å²) in [5.74, 6) is 2.92. The number of guanidine groups is 1. The highest BCUT2D eigenvalue weighted by molar-refractivity contribution is 14.0. The summed E-state index contributed by atoms with van der Waals surface area (Å²) in [4.78, 5) is 6.97. The molecular weight excluding hydrogens is 495 g/mol. The summed E-state index contributed by atoms with van der Waals surface area (Å²) in [6, 6.07) is 6.37. The topological polar surface area (TPSA) is 67.4 Å². The Morgan fingerprint density at radius 2 is 1.83 bits per heavy atom. The van der Waals surface area contributed by atoms with E-state index in [1.54, 1.807) is 21.3 Å². The smallest absolute Gasteiger partial charge is 0.191 e. The van der Waals surface area contributed by atoms with E-state index in [9.17, 15) is 0 Å². The van der Waals surface area contributed by atoms with Crippen molar-refractivity contribution in [2.45, 2.75) is 39.3 Å². The maximum atomic E-state index is 5.55. The van der Waals surface area contributed by atoms with Crippen LogP contribution in [0.5, 0.6) is 11.5 Å². The molecule has 1 aromatic carbocycles. The molecular formula is C22H39IN4O3. The second-order valence-electron chi connectivity index (χ2n) is 7.25. The number of ether oxygens (including phenoxy) is 3. The Labute approximate surface area is 199 Å². The van der Waals surface area contributed by atoms with E-state index in [0.29, 0.717) is 18.5 Å². The average Bonchev–Trinajstić information content (AvgIpc) is 2.78. The van der Waals surface area contributed by atoms with E-state index in [2.05, 4.69) is 34.4 Å². The number of morpholine rings is 1. The van der Waals surface area contributed by atoms with Crippen molar-refractivity contribution in [2.75, 3.05) is 54.1 Å². The van der Waals surface area contributed by atoms with Gasteiger partial charge in [-0.2, -0.15) is 0 Å². The molecule has 1 aromatic rings. The van der Waals surface area contributed by atoms with Crippen LogP contribution in [0, 0.1) is 5.92 Å². The van der Waals surface area contributed by atoms with Crippen molar-refractivity contribution in [3.63, 3.8) is 0 Å². The molecule has 2 rings (SSSR count). The fourth-order valence-corrected chi connectivity index (χ4v) is 4.03. The highest BCUT2D eigenvalue weighted by Crippen LogP contribution is 2.30. The molecule has 1 unspecified atom stereocenters. The zero-order valence-electron chi connectivity index (χ0n) is 19.1. The van der Waals surface area contributed by atoms with Crippen LogP contribution in [-0.4, -0.2) is 71.0 Å². The molecule has 0 radical (unpaired) electrons. The number of benzene rings is 1. The standard InChI is InChI=1S/C22H38N4O3.HI/c1-6-17(7-2)19(26-11-13-29-14-12-26)16-25-22(23-3)24-15-18-9-8-10-20(27-4)21(18)28-5;/h8-10,17,19H,6-7,11-16H2,1-5H3,(H2,23,24,25);1H. The first-order valence-corrected chi connectivity index (χ1v) is 10.6. The molecule has 0 spiro atoms. The Hall–Kier alpha value is -1.26. The van der Waals surface area contributed by atoms with Gasteiger partial charge in [0.2, 0.25) is 0 Å². The van der Waals surface area contributed by atoms with Gasteiger partial charge in [0.25, 0.3) is 0 Å². The van der Waals surface area contributed by atoms with Gasteiger partial charge in [0.1, 0.15) is 0 Å². The fraction of sp³-hybridized carbons (Fsp3) is 0.682. The van der Waals surface area contributed by atoms with Crippen LogP contribution in [0.2, 0.25) is 0 Å². The molecule has 0 aliphatic carbocycles. The normalized spacial score (nSPS) is 16.0. The first-order valence-electron chi connectivity index (χ1n) is 10.6. The summed E-state index contributed by atoms with van der Waals surface area (Å²) < 4.78 is 16.5. The van der Waals surface area contributed by atoms with E-state index in [4.69, 9.17) is 14.2 Å². The third-order valence-electron chi connectivity index (χ3n) is 5.74. The van der Waals surface area contributed by atoms with E-state index < -0.39 is 0 Å². The minimum atomic E-state index is 0. The van der Waals surface area contributed by atoms with Gasteiger partial charge in [-0.15, -0.1) is 24.0 Å². The van der Waals surface area contributed by atoms with Crippen LogP contribution in [-0.2, 0) is 11.3 Å². The summed E-state index contributed by atoms with van der Waals surface area (Å²) in [7, 11) is 5.12. The van der Waals surface area contributed by atoms with E-state index >= 15 is 0 Å². The maximum Gasteiger partial charge on any atom is 0.191 e. The van der Waals surface area contributed by atoms with Crippen molar-refractivity contribution in [1.82, 2.24) is 15.5 Å². The van der Waals surface area contributed by atoms with Crippen LogP contribution >= 0.6 is 24.0 Å². The van der Waals surface area contributed by atoms with Crippen LogP contribution < -0.4 is 20.1 Å². The predicted octanol–water partition coefficient (Wildman–Crippen LogP) is 3.12. The zero-order valence-corrected chi connectivity index (χ0v) is 21.4. The number of hydrogen-bond acceptors (Lipinski definition) is 5. The monoisotopic (exact) mass is 534 g/mol. The third-order valence-corrected chi connectivity index (χ3v) is 5.74. The van der Waals surface area contributed by atoms with Crippen molar-refractivity contribution in [1.29, 1.82) is 0 Å². The van der Waals surface area contributed by atoms with Gasteiger partial charge in [-0.1, -0.05) is 38.8 Å². The van der Waals surface area contributed by atoms with Gasteiger partial charge < -0.3 is 24.8 Å². The summed E-state index contributed by atoms with van der Waals surface area (Å²) in [5, 5.41) is 6.94. The van der Waals surface area contributed by atoms with Crippen LogP contribution in [0.25, 0.3) is 0 Å². The summed E-state index contributed by atoms with van der Waals surface area (Å²) in [6.45, 7) is 9.66. The van der Waals surface area contributed by atoms with Gasteiger partial charge >= 0.3 is 0 Å². The van der Waals surface area contributed by atoms with Crippen molar-refractivity contribution < 1.29 is 14.2 Å². The second-order valence-corrected chi connectivity index (χ2v) is 7.25. The Morgan fingerprint density at radius 3 is 2.40 bits per heavy atom. The van der Waals surface area contributed by atoms with E-state index in [0.717, 1.165) is 55.9 Å². The van der Waals surface area contributed by atoms with Gasteiger partial charge in [-0.05, 0) is 12.0 Å². The Balaban J connectivity index is 0.00000450. The molecule has 1 saturated heterocycles. The lowest BCUT2D eigenvalue weighted by Crippen LogP contribution is -2.53. The summed E-state index contributed by atoms with van der Waals surface area (Å²) in [6.07, 6.45) is 2.35. The van der Waals surface area contributed by atoms with Gasteiger partial charge in [0.05, 0.1) is 27.4 Å². The average molecular weight is 534 g/mol. The SMILES string of the molecule is CCC(CC)C(CNC(=NC)NCc1cccc(OC)c1OC)N1CCOCC1.I. The van der Waals surface area contributed by atoms with Gasteiger partial charge in [-0.3, -0.25) is 9.89 Å². The lowest BCUT2D eigenvalue weighted by atomic mass is 9.92. The van der Waals surface area contributed by atoms with E-state index in [-0.39, 0.29) is 24.0 Å². The molecule has 7 nitrogen and oxygen atoms in total. The van der Waals surface area contributed by atoms with Gasteiger partial charge in [-0.25, -0.2) is 0 Å². The lowest BCUT2D eigenvalue weighted by Gasteiger charge is -2.39. The first-order chi connectivity index (χ1) is 14.2. The highest BCUT2D eigenvalue weighted by atomic mass is 127. The number of nitrogens with zero attached hydrogens (tertiary/aromatic N) is 2. The highest BCUT2D eigenvalue weighted by Gasteiger charge is 2.27. The van der Waals surface area contributed by atoms with Crippen molar-refractivity contribution in [3.8, 4) is 11.5 Å². The number of para-hydroxylation sites is 1. The molecule has 1 atom stereocenters. The van der Waals surface area contributed by atoms with Gasteiger partial charge in [0, 0.05) is 44.8 Å². The summed E-state index contributed by atoms with van der Waals surface area (Å²) in [5.41, 5.74) is 1.03. The molecule has 0 saturated carbocycles. The molecule has 8 heteroatoms. The zero-order chi connectivity index (χ0) is 21.1. The Bertz CT molecular complexity index is 635. The van der Waals surface area contributed by atoms with Crippen molar-refractivity contribution in [3.05, 3.63) is 23.8 Å². The largest absolute Gasteiger partial charge is 0.493 e. The Morgan fingerprint density at radius 1 is 1.13 bits per heavy atom. The van der Waals surface area contributed by atoms with Crippen LogP contribution in [0.15, 0.2) is 23.2 Å². The molecule has 1 aliphatic rings. The lowest BCUT2D eigenvalue weighted by molar-refractivity contribution is 0.00272. The van der Waals surface area contributed by atoms with Crippen LogP contribution in [0.4, 0.5) is 0 Å². The molecule has 172 valence electrons.